The van der Waals surface area contributed by atoms with Gasteiger partial charge in [-0.2, -0.15) is 0 Å². The van der Waals surface area contributed by atoms with Crippen LogP contribution in [0.2, 0.25) is 5.02 Å². The molecule has 0 bridgehead atoms. The van der Waals surface area contributed by atoms with Crippen LogP contribution >= 0.6 is 11.6 Å². The lowest BCUT2D eigenvalue weighted by Gasteiger charge is -2.23. The van der Waals surface area contributed by atoms with Gasteiger partial charge in [0.05, 0.1) is 5.71 Å². The van der Waals surface area contributed by atoms with Crippen LogP contribution < -0.4 is 0 Å². The summed E-state index contributed by atoms with van der Waals surface area (Å²) in [6.45, 7) is 5.58. The van der Waals surface area contributed by atoms with Gasteiger partial charge in [0.2, 0.25) is 0 Å². The molecule has 30 heavy (non-hydrogen) atoms. The molecule has 1 atom stereocenters. The molecule has 0 N–H and O–H groups in total. The zero-order valence-corrected chi connectivity index (χ0v) is 18.3. The molecule has 3 rings (SSSR count). The Morgan fingerprint density at radius 2 is 1.47 bits per heavy atom. The van der Waals surface area contributed by atoms with Crippen molar-refractivity contribution in [3.05, 3.63) is 107 Å². The van der Waals surface area contributed by atoms with Crippen LogP contribution in [-0.4, -0.2) is 23.3 Å². The van der Waals surface area contributed by atoms with Crippen molar-refractivity contribution < 1.29 is 9.53 Å². The summed E-state index contributed by atoms with van der Waals surface area (Å²) in [5, 5.41) is 0.630. The van der Waals surface area contributed by atoms with E-state index in [0.29, 0.717) is 11.4 Å². The van der Waals surface area contributed by atoms with Gasteiger partial charge in [0.25, 0.3) is 0 Å². The molecule has 0 aliphatic carbocycles. The van der Waals surface area contributed by atoms with E-state index in [1.165, 1.54) is 0 Å². The molecule has 0 saturated heterocycles. The van der Waals surface area contributed by atoms with Crippen molar-refractivity contribution in [3.63, 3.8) is 0 Å². The molecule has 0 heterocycles. The first-order valence-electron chi connectivity index (χ1n) is 9.98. The summed E-state index contributed by atoms with van der Waals surface area (Å²) < 4.78 is 5.70. The zero-order chi connectivity index (χ0) is 21.6. The molecule has 3 nitrogen and oxygen atoms in total. The second-order valence-corrected chi connectivity index (χ2v) is 8.53. The average Bonchev–Trinajstić information content (AvgIpc) is 2.71. The first kappa shape index (κ1) is 21.8. The number of carbonyl (C=O) groups is 1. The Hall–Kier alpha value is -2.91. The predicted octanol–water partition coefficient (Wildman–Crippen LogP) is 6.13. The Morgan fingerprint density at radius 3 is 1.97 bits per heavy atom. The van der Waals surface area contributed by atoms with Gasteiger partial charge in [-0.25, -0.2) is 4.79 Å². The molecular weight excluding hydrogens is 394 g/mol. The van der Waals surface area contributed by atoms with Crippen molar-refractivity contribution in [2.24, 2.45) is 4.99 Å². The molecule has 0 unspecified atom stereocenters. The van der Waals surface area contributed by atoms with Crippen LogP contribution in [-0.2, 0) is 16.0 Å². The van der Waals surface area contributed by atoms with E-state index in [2.05, 4.69) is 0 Å². The molecule has 0 saturated carbocycles. The molecular formula is C26H26ClNO2. The summed E-state index contributed by atoms with van der Waals surface area (Å²) in [6, 6.07) is 26.6. The maximum Gasteiger partial charge on any atom is 0.331 e. The predicted molar refractivity (Wildman–Crippen MR) is 123 cm³/mol. The molecule has 3 aromatic carbocycles. The summed E-state index contributed by atoms with van der Waals surface area (Å²) >= 11 is 6.16. The number of esters is 1. The van der Waals surface area contributed by atoms with Crippen molar-refractivity contribution in [1.82, 2.24) is 0 Å². The third kappa shape index (κ3) is 6.30. The molecule has 0 aromatic heterocycles. The lowest BCUT2D eigenvalue weighted by Crippen LogP contribution is -2.33. The maximum atomic E-state index is 13.1. The zero-order valence-electron chi connectivity index (χ0n) is 17.5. The first-order chi connectivity index (χ1) is 14.3. The third-order valence-corrected chi connectivity index (χ3v) is 4.61. The lowest BCUT2D eigenvalue weighted by atomic mass is 10.0. The molecule has 0 aliphatic rings. The number of benzene rings is 3. The standard InChI is InChI=1S/C26H26ClNO2/c1-26(2,3)30-25(29)23(18-19-11-10-16-22(27)17-19)28-24(20-12-6-4-7-13-20)21-14-8-5-9-15-21/h4-17,23H,18H2,1-3H3/t23-/m1/s1. The molecule has 0 spiro atoms. The van der Waals surface area contributed by atoms with Gasteiger partial charge in [-0.3, -0.25) is 4.99 Å². The second-order valence-electron chi connectivity index (χ2n) is 8.09. The molecule has 0 aliphatic heterocycles. The Morgan fingerprint density at radius 1 is 0.900 bits per heavy atom. The average molecular weight is 420 g/mol. The van der Waals surface area contributed by atoms with E-state index in [9.17, 15) is 4.79 Å². The van der Waals surface area contributed by atoms with E-state index in [-0.39, 0.29) is 5.97 Å². The largest absolute Gasteiger partial charge is 0.458 e. The minimum Gasteiger partial charge on any atom is -0.458 e. The van der Waals surface area contributed by atoms with Gasteiger partial charge in [-0.15, -0.1) is 0 Å². The topological polar surface area (TPSA) is 38.7 Å². The Balaban J connectivity index is 2.06. The van der Waals surface area contributed by atoms with E-state index in [1.54, 1.807) is 0 Å². The highest BCUT2D eigenvalue weighted by atomic mass is 35.5. The summed E-state index contributed by atoms with van der Waals surface area (Å²) in [6.07, 6.45) is 0.401. The Kier molecular flexibility index (Phi) is 7.07. The number of nitrogens with zero attached hydrogens (tertiary/aromatic N) is 1. The number of aliphatic imine (C=N–C) groups is 1. The quantitative estimate of drug-likeness (QED) is 0.356. The van der Waals surface area contributed by atoms with Crippen LogP contribution in [0.5, 0.6) is 0 Å². The number of rotatable bonds is 6. The van der Waals surface area contributed by atoms with Gasteiger partial charge in [0, 0.05) is 22.6 Å². The number of ether oxygens (including phenoxy) is 1. The number of carbonyl (C=O) groups excluding carboxylic acids is 1. The summed E-state index contributed by atoms with van der Waals surface area (Å²) in [5.41, 5.74) is 2.99. The van der Waals surface area contributed by atoms with Crippen LogP contribution in [0.15, 0.2) is 89.9 Å². The van der Waals surface area contributed by atoms with Gasteiger partial charge in [-0.05, 0) is 38.5 Å². The van der Waals surface area contributed by atoms with E-state index >= 15 is 0 Å². The third-order valence-electron chi connectivity index (χ3n) is 4.38. The molecule has 0 fully saturated rings. The summed E-state index contributed by atoms with van der Waals surface area (Å²) in [7, 11) is 0. The fourth-order valence-corrected chi connectivity index (χ4v) is 3.32. The Labute approximate surface area is 183 Å². The van der Waals surface area contributed by atoms with Gasteiger partial charge in [0.1, 0.15) is 5.60 Å². The molecule has 3 aromatic rings. The van der Waals surface area contributed by atoms with Gasteiger partial charge in [0.15, 0.2) is 6.04 Å². The minimum atomic E-state index is -0.696. The summed E-state index contributed by atoms with van der Waals surface area (Å²) in [4.78, 5) is 18.0. The number of hydrogen-bond acceptors (Lipinski definition) is 3. The number of hydrogen-bond donors (Lipinski definition) is 0. The molecule has 4 heteroatoms. The first-order valence-corrected chi connectivity index (χ1v) is 10.4. The summed E-state index contributed by atoms with van der Waals surface area (Å²) in [5.74, 6) is -0.355. The highest BCUT2D eigenvalue weighted by Crippen LogP contribution is 2.19. The SMILES string of the molecule is CC(C)(C)OC(=O)[C@@H](Cc1cccc(Cl)c1)N=C(c1ccccc1)c1ccccc1. The van der Waals surface area contributed by atoms with Crippen LogP contribution in [0.25, 0.3) is 0 Å². The van der Waals surface area contributed by atoms with Crippen molar-refractivity contribution in [3.8, 4) is 0 Å². The van der Waals surface area contributed by atoms with Crippen LogP contribution in [0.4, 0.5) is 0 Å². The monoisotopic (exact) mass is 419 g/mol. The molecule has 0 amide bonds. The highest BCUT2D eigenvalue weighted by Gasteiger charge is 2.26. The maximum absolute atomic E-state index is 13.1. The van der Waals surface area contributed by atoms with Gasteiger partial charge in [-0.1, -0.05) is 84.4 Å². The fourth-order valence-electron chi connectivity index (χ4n) is 3.10. The van der Waals surface area contributed by atoms with Gasteiger partial charge >= 0.3 is 5.97 Å². The minimum absolute atomic E-state index is 0.355. The van der Waals surface area contributed by atoms with Gasteiger partial charge < -0.3 is 4.74 Å². The Bertz CT molecular complexity index is 966. The second kappa shape index (κ2) is 9.73. The normalized spacial score (nSPS) is 12.1. The molecule has 0 radical (unpaired) electrons. The van der Waals surface area contributed by atoms with Crippen molar-refractivity contribution >= 4 is 23.3 Å². The van der Waals surface area contributed by atoms with E-state index in [4.69, 9.17) is 21.3 Å². The smallest absolute Gasteiger partial charge is 0.331 e. The van der Waals surface area contributed by atoms with Crippen LogP contribution in [0.1, 0.15) is 37.5 Å². The fraction of sp³-hybridized carbons (Fsp3) is 0.231. The van der Waals surface area contributed by atoms with E-state index in [0.717, 1.165) is 22.4 Å². The van der Waals surface area contributed by atoms with Crippen molar-refractivity contribution in [2.45, 2.75) is 38.8 Å². The van der Waals surface area contributed by atoms with Crippen molar-refractivity contribution in [2.75, 3.05) is 0 Å². The van der Waals surface area contributed by atoms with Crippen LogP contribution in [0.3, 0.4) is 0 Å². The number of halogens is 1. The van der Waals surface area contributed by atoms with Crippen molar-refractivity contribution in [1.29, 1.82) is 0 Å². The van der Waals surface area contributed by atoms with Crippen LogP contribution in [0, 0.1) is 0 Å². The van der Waals surface area contributed by atoms with E-state index in [1.807, 2.05) is 106 Å². The van der Waals surface area contributed by atoms with E-state index < -0.39 is 11.6 Å². The lowest BCUT2D eigenvalue weighted by molar-refractivity contribution is -0.156. The molecule has 154 valence electrons. The highest BCUT2D eigenvalue weighted by molar-refractivity contribution is 6.30.